The Bertz CT molecular complexity index is 414. The first-order chi connectivity index (χ1) is 9.10. The molecule has 0 saturated carbocycles. The zero-order valence-electron chi connectivity index (χ0n) is 12.0. The van der Waals surface area contributed by atoms with Crippen molar-refractivity contribution in [1.29, 1.82) is 0 Å². The Labute approximate surface area is 120 Å². The van der Waals surface area contributed by atoms with E-state index in [9.17, 15) is 0 Å². The van der Waals surface area contributed by atoms with Crippen LogP contribution in [-0.4, -0.2) is 54.1 Å². The van der Waals surface area contributed by atoms with Crippen LogP contribution in [0.4, 0.5) is 5.82 Å². The molecule has 0 radical (unpaired) electrons. The van der Waals surface area contributed by atoms with Crippen LogP contribution in [0.1, 0.15) is 19.5 Å². The zero-order chi connectivity index (χ0) is 13.8. The molecule has 1 aromatic heterocycles. The lowest BCUT2D eigenvalue weighted by molar-refractivity contribution is 0.103. The highest BCUT2D eigenvalue weighted by Gasteiger charge is 2.19. The van der Waals surface area contributed by atoms with Crippen LogP contribution in [0.5, 0.6) is 0 Å². The predicted molar refractivity (Wildman–Crippen MR) is 80.8 cm³/mol. The Morgan fingerprint density at radius 2 is 1.95 bits per heavy atom. The monoisotopic (exact) mass is 282 g/mol. The zero-order valence-corrected chi connectivity index (χ0v) is 12.7. The Morgan fingerprint density at radius 3 is 2.53 bits per heavy atom. The summed E-state index contributed by atoms with van der Waals surface area (Å²) < 4.78 is 0. The van der Waals surface area contributed by atoms with Crippen LogP contribution in [0.3, 0.4) is 0 Å². The average molecular weight is 283 g/mol. The smallest absolute Gasteiger partial charge is 0.126 e. The highest BCUT2D eigenvalue weighted by atomic mass is 35.5. The topological polar surface area (TPSA) is 31.4 Å². The van der Waals surface area contributed by atoms with Crippen molar-refractivity contribution >= 4 is 17.4 Å². The summed E-state index contributed by atoms with van der Waals surface area (Å²) in [6.45, 7) is 9.76. The molecule has 0 amide bonds. The second kappa shape index (κ2) is 6.55. The van der Waals surface area contributed by atoms with E-state index in [0.717, 1.165) is 49.3 Å². The molecule has 5 heteroatoms. The van der Waals surface area contributed by atoms with Gasteiger partial charge in [-0.05, 0) is 26.0 Å². The third-order valence-corrected chi connectivity index (χ3v) is 4.03. The number of hydrogen-bond acceptors (Lipinski definition) is 4. The maximum Gasteiger partial charge on any atom is 0.126 e. The molecule has 106 valence electrons. The highest BCUT2D eigenvalue weighted by Crippen LogP contribution is 2.19. The van der Waals surface area contributed by atoms with E-state index >= 15 is 0 Å². The lowest BCUT2D eigenvalue weighted by atomic mass is 10.2. The fourth-order valence-electron chi connectivity index (χ4n) is 2.38. The van der Waals surface area contributed by atoms with E-state index in [4.69, 9.17) is 11.6 Å². The van der Waals surface area contributed by atoms with Gasteiger partial charge in [0, 0.05) is 45.8 Å². The summed E-state index contributed by atoms with van der Waals surface area (Å²) in [6, 6.07) is 4.46. The summed E-state index contributed by atoms with van der Waals surface area (Å²) in [4.78, 5) is 9.47. The fourth-order valence-corrected chi connectivity index (χ4v) is 2.55. The van der Waals surface area contributed by atoms with E-state index in [1.54, 1.807) is 0 Å². The number of rotatable bonds is 4. The molecular formula is C14H23ClN4. The quantitative estimate of drug-likeness (QED) is 0.918. The molecule has 0 aliphatic carbocycles. The number of aromatic nitrogens is 1. The summed E-state index contributed by atoms with van der Waals surface area (Å²) in [5.74, 6) is 0.875. The lowest BCUT2D eigenvalue weighted by Gasteiger charge is -2.36. The van der Waals surface area contributed by atoms with Gasteiger partial charge in [0.05, 0.1) is 10.7 Å². The third-order valence-electron chi connectivity index (χ3n) is 3.69. The van der Waals surface area contributed by atoms with Crippen LogP contribution in [0.25, 0.3) is 0 Å². The molecule has 19 heavy (non-hydrogen) atoms. The van der Waals surface area contributed by atoms with Gasteiger partial charge in [-0.2, -0.15) is 0 Å². The largest absolute Gasteiger partial charge is 0.373 e. The molecule has 0 unspecified atom stereocenters. The standard InChI is InChI=1S/C14H23ClN4/c1-11(2)19-8-6-18(7-9-19)10-13-12(15)4-5-14(16-3)17-13/h4-5,11H,6-10H2,1-3H3,(H,16,17). The van der Waals surface area contributed by atoms with E-state index in [1.165, 1.54) is 0 Å². The summed E-state index contributed by atoms with van der Waals surface area (Å²) in [5.41, 5.74) is 0.964. The minimum Gasteiger partial charge on any atom is -0.373 e. The van der Waals surface area contributed by atoms with Gasteiger partial charge in [0.15, 0.2) is 0 Å². The SMILES string of the molecule is CNc1ccc(Cl)c(CN2CCN(C(C)C)CC2)n1. The molecule has 0 spiro atoms. The Hall–Kier alpha value is -0.840. The van der Waals surface area contributed by atoms with Gasteiger partial charge < -0.3 is 5.32 Å². The number of nitrogens with one attached hydrogen (secondary N) is 1. The Morgan fingerprint density at radius 1 is 1.26 bits per heavy atom. The molecule has 0 aromatic carbocycles. The predicted octanol–water partition coefficient (Wildman–Crippen LogP) is 2.30. The van der Waals surface area contributed by atoms with Crippen molar-refractivity contribution in [1.82, 2.24) is 14.8 Å². The number of anilines is 1. The van der Waals surface area contributed by atoms with Crippen molar-refractivity contribution in [2.24, 2.45) is 0 Å². The molecule has 2 heterocycles. The van der Waals surface area contributed by atoms with Crippen LogP contribution >= 0.6 is 11.6 Å². The molecule has 1 saturated heterocycles. The minimum atomic E-state index is 0.636. The second-order valence-electron chi connectivity index (χ2n) is 5.28. The molecule has 1 N–H and O–H groups in total. The molecule has 1 fully saturated rings. The van der Waals surface area contributed by atoms with E-state index in [-0.39, 0.29) is 0 Å². The summed E-state index contributed by atoms with van der Waals surface area (Å²) in [6.07, 6.45) is 0. The van der Waals surface area contributed by atoms with Crippen LogP contribution in [0.2, 0.25) is 5.02 Å². The van der Waals surface area contributed by atoms with Gasteiger partial charge >= 0.3 is 0 Å². The van der Waals surface area contributed by atoms with Crippen molar-refractivity contribution in [2.75, 3.05) is 38.5 Å². The van der Waals surface area contributed by atoms with Crippen molar-refractivity contribution in [3.05, 3.63) is 22.8 Å². The first-order valence-corrected chi connectivity index (χ1v) is 7.27. The number of hydrogen-bond donors (Lipinski definition) is 1. The van der Waals surface area contributed by atoms with Crippen LogP contribution in [0.15, 0.2) is 12.1 Å². The Balaban J connectivity index is 1.95. The molecule has 1 aromatic rings. The molecule has 0 atom stereocenters. The van der Waals surface area contributed by atoms with Crippen molar-refractivity contribution in [3.63, 3.8) is 0 Å². The van der Waals surface area contributed by atoms with Crippen molar-refractivity contribution in [3.8, 4) is 0 Å². The summed E-state index contributed by atoms with van der Waals surface area (Å²) in [7, 11) is 1.88. The molecular weight excluding hydrogens is 260 g/mol. The van der Waals surface area contributed by atoms with Gasteiger partial charge in [0.2, 0.25) is 0 Å². The van der Waals surface area contributed by atoms with Gasteiger partial charge in [-0.25, -0.2) is 4.98 Å². The van der Waals surface area contributed by atoms with E-state index in [0.29, 0.717) is 6.04 Å². The van der Waals surface area contributed by atoms with E-state index in [1.807, 2.05) is 19.2 Å². The summed E-state index contributed by atoms with van der Waals surface area (Å²) in [5, 5.41) is 3.81. The highest BCUT2D eigenvalue weighted by molar-refractivity contribution is 6.31. The van der Waals surface area contributed by atoms with Gasteiger partial charge in [-0.15, -0.1) is 0 Å². The summed E-state index contributed by atoms with van der Waals surface area (Å²) >= 11 is 6.22. The fraction of sp³-hybridized carbons (Fsp3) is 0.643. The van der Waals surface area contributed by atoms with Crippen molar-refractivity contribution < 1.29 is 0 Å². The number of pyridine rings is 1. The second-order valence-corrected chi connectivity index (χ2v) is 5.69. The third kappa shape index (κ3) is 3.81. The number of halogens is 1. The molecule has 4 nitrogen and oxygen atoms in total. The first kappa shape index (κ1) is 14.6. The van der Waals surface area contributed by atoms with Crippen LogP contribution in [-0.2, 0) is 6.54 Å². The maximum absolute atomic E-state index is 6.22. The average Bonchev–Trinajstić information content (AvgIpc) is 2.42. The first-order valence-electron chi connectivity index (χ1n) is 6.89. The van der Waals surface area contributed by atoms with Gasteiger partial charge in [0.25, 0.3) is 0 Å². The van der Waals surface area contributed by atoms with E-state index in [2.05, 4.69) is 33.9 Å². The molecule has 1 aliphatic rings. The van der Waals surface area contributed by atoms with Gasteiger partial charge in [-0.3, -0.25) is 9.80 Å². The van der Waals surface area contributed by atoms with Gasteiger partial charge in [-0.1, -0.05) is 11.6 Å². The molecule has 0 bridgehead atoms. The van der Waals surface area contributed by atoms with Crippen molar-refractivity contribution in [2.45, 2.75) is 26.4 Å². The van der Waals surface area contributed by atoms with Crippen LogP contribution < -0.4 is 5.32 Å². The number of nitrogens with zero attached hydrogens (tertiary/aromatic N) is 3. The van der Waals surface area contributed by atoms with Crippen LogP contribution in [0, 0.1) is 0 Å². The Kier molecular flexibility index (Phi) is 5.02. The number of piperazine rings is 1. The molecule has 2 rings (SSSR count). The lowest BCUT2D eigenvalue weighted by Crippen LogP contribution is -2.48. The maximum atomic E-state index is 6.22. The van der Waals surface area contributed by atoms with Gasteiger partial charge in [0.1, 0.15) is 5.82 Å². The molecule has 1 aliphatic heterocycles. The van der Waals surface area contributed by atoms with E-state index < -0.39 is 0 Å². The normalized spacial score (nSPS) is 17.9. The minimum absolute atomic E-state index is 0.636.